The van der Waals surface area contributed by atoms with Crippen LogP contribution in [0.3, 0.4) is 0 Å². The molecule has 1 aromatic heterocycles. The molecule has 0 spiro atoms. The second-order valence-corrected chi connectivity index (χ2v) is 5.85. The summed E-state index contributed by atoms with van der Waals surface area (Å²) >= 11 is 1.77. The Morgan fingerprint density at radius 2 is 2.18 bits per heavy atom. The molecule has 0 aliphatic carbocycles. The predicted octanol–water partition coefficient (Wildman–Crippen LogP) is 2.40. The lowest BCUT2D eigenvalue weighted by Gasteiger charge is -2.26. The van der Waals surface area contributed by atoms with Crippen molar-refractivity contribution in [1.82, 2.24) is 10.2 Å². The Balaban J connectivity index is 2.63. The summed E-state index contributed by atoms with van der Waals surface area (Å²) in [5.41, 5.74) is 0. The Hall–Kier alpha value is -0.870. The number of carbonyl (C=O) groups is 1. The minimum Gasteiger partial charge on any atom is -0.335 e. The Kier molecular flexibility index (Phi) is 5.65. The minimum absolute atomic E-state index is 0.223. The second-order valence-electron chi connectivity index (χ2n) is 4.48. The SMILES string of the molecule is CNCCC(=O)N(Cc1ccc(C)s1)C(C)C. The topological polar surface area (TPSA) is 32.3 Å². The van der Waals surface area contributed by atoms with Crippen LogP contribution in [-0.4, -0.2) is 30.4 Å². The van der Waals surface area contributed by atoms with Crippen molar-refractivity contribution in [3.05, 3.63) is 21.9 Å². The van der Waals surface area contributed by atoms with Crippen molar-refractivity contribution in [2.75, 3.05) is 13.6 Å². The largest absolute Gasteiger partial charge is 0.335 e. The number of hydrogen-bond acceptors (Lipinski definition) is 3. The summed E-state index contributed by atoms with van der Waals surface area (Å²) in [4.78, 5) is 16.5. The minimum atomic E-state index is 0.223. The van der Waals surface area contributed by atoms with Crippen LogP contribution in [0, 0.1) is 6.92 Å². The average Bonchev–Trinajstić information content (AvgIpc) is 2.68. The molecule has 0 saturated heterocycles. The normalized spacial score (nSPS) is 10.9. The Morgan fingerprint density at radius 3 is 2.65 bits per heavy atom. The van der Waals surface area contributed by atoms with Crippen molar-refractivity contribution in [2.45, 2.75) is 39.8 Å². The van der Waals surface area contributed by atoms with E-state index >= 15 is 0 Å². The van der Waals surface area contributed by atoms with Crippen molar-refractivity contribution in [2.24, 2.45) is 0 Å². The molecule has 4 heteroatoms. The van der Waals surface area contributed by atoms with E-state index in [4.69, 9.17) is 0 Å². The van der Waals surface area contributed by atoms with Crippen molar-refractivity contribution < 1.29 is 4.79 Å². The highest BCUT2D eigenvalue weighted by Gasteiger charge is 2.17. The van der Waals surface area contributed by atoms with Crippen molar-refractivity contribution in [1.29, 1.82) is 0 Å². The zero-order chi connectivity index (χ0) is 12.8. The van der Waals surface area contributed by atoms with Gasteiger partial charge in [0, 0.05) is 28.8 Å². The van der Waals surface area contributed by atoms with Crippen LogP contribution in [0.5, 0.6) is 0 Å². The van der Waals surface area contributed by atoms with Crippen LogP contribution in [0.15, 0.2) is 12.1 Å². The summed E-state index contributed by atoms with van der Waals surface area (Å²) in [7, 11) is 1.87. The molecule has 96 valence electrons. The lowest BCUT2D eigenvalue weighted by molar-refractivity contribution is -0.133. The number of nitrogens with zero attached hydrogens (tertiary/aromatic N) is 1. The first kappa shape index (κ1) is 14.2. The third kappa shape index (κ3) is 4.48. The quantitative estimate of drug-likeness (QED) is 0.845. The van der Waals surface area contributed by atoms with Gasteiger partial charge in [-0.25, -0.2) is 0 Å². The number of hydrogen-bond donors (Lipinski definition) is 1. The van der Waals surface area contributed by atoms with E-state index in [0.29, 0.717) is 6.42 Å². The summed E-state index contributed by atoms with van der Waals surface area (Å²) in [6, 6.07) is 4.47. The van der Waals surface area contributed by atoms with Gasteiger partial charge >= 0.3 is 0 Å². The number of thiophene rings is 1. The molecule has 17 heavy (non-hydrogen) atoms. The molecule has 1 aromatic rings. The van der Waals surface area contributed by atoms with Gasteiger partial charge in [0.2, 0.25) is 5.91 Å². The fraction of sp³-hybridized carbons (Fsp3) is 0.615. The van der Waals surface area contributed by atoms with Crippen LogP contribution in [0.2, 0.25) is 0 Å². The van der Waals surface area contributed by atoms with E-state index in [1.165, 1.54) is 9.75 Å². The lowest BCUT2D eigenvalue weighted by atomic mass is 10.2. The van der Waals surface area contributed by atoms with Gasteiger partial charge in [-0.3, -0.25) is 4.79 Å². The molecule has 0 unspecified atom stereocenters. The van der Waals surface area contributed by atoms with Gasteiger partial charge < -0.3 is 10.2 Å². The molecular weight excluding hydrogens is 232 g/mol. The number of rotatable bonds is 6. The molecule has 0 aromatic carbocycles. The number of carbonyl (C=O) groups excluding carboxylic acids is 1. The maximum Gasteiger partial charge on any atom is 0.224 e. The highest BCUT2D eigenvalue weighted by Crippen LogP contribution is 2.18. The smallest absolute Gasteiger partial charge is 0.224 e. The van der Waals surface area contributed by atoms with Crippen LogP contribution in [-0.2, 0) is 11.3 Å². The highest BCUT2D eigenvalue weighted by molar-refractivity contribution is 7.11. The van der Waals surface area contributed by atoms with E-state index in [1.807, 2.05) is 11.9 Å². The molecule has 1 amide bonds. The second kappa shape index (κ2) is 6.77. The van der Waals surface area contributed by atoms with Gasteiger partial charge in [-0.1, -0.05) is 0 Å². The van der Waals surface area contributed by atoms with Gasteiger partial charge in [0.25, 0.3) is 0 Å². The van der Waals surface area contributed by atoms with Gasteiger partial charge in [0.1, 0.15) is 0 Å². The zero-order valence-electron chi connectivity index (χ0n) is 11.1. The number of aryl methyl sites for hydroxylation is 1. The van der Waals surface area contributed by atoms with Crippen molar-refractivity contribution >= 4 is 17.2 Å². The van der Waals surface area contributed by atoms with Crippen molar-refractivity contribution in [3.63, 3.8) is 0 Å². The van der Waals surface area contributed by atoms with Crippen LogP contribution in [0.25, 0.3) is 0 Å². The van der Waals surface area contributed by atoms with Crippen LogP contribution >= 0.6 is 11.3 Å². The molecule has 3 nitrogen and oxygen atoms in total. The summed E-state index contributed by atoms with van der Waals surface area (Å²) in [5, 5.41) is 3.02. The van der Waals surface area contributed by atoms with Gasteiger partial charge in [-0.2, -0.15) is 0 Å². The molecule has 1 N–H and O–H groups in total. The maximum atomic E-state index is 12.0. The van der Waals surface area contributed by atoms with E-state index in [0.717, 1.165) is 13.1 Å². The van der Waals surface area contributed by atoms with Gasteiger partial charge in [-0.15, -0.1) is 11.3 Å². The van der Waals surface area contributed by atoms with Crippen LogP contribution in [0.4, 0.5) is 0 Å². The first-order valence-electron chi connectivity index (χ1n) is 6.04. The van der Waals surface area contributed by atoms with Crippen LogP contribution in [0.1, 0.15) is 30.0 Å². The molecule has 0 atom stereocenters. The predicted molar refractivity (Wildman–Crippen MR) is 73.3 cm³/mol. The van der Waals surface area contributed by atoms with Gasteiger partial charge in [-0.05, 0) is 40.0 Å². The fourth-order valence-electron chi connectivity index (χ4n) is 1.67. The van der Waals surface area contributed by atoms with Gasteiger partial charge in [0.05, 0.1) is 6.54 Å². The van der Waals surface area contributed by atoms with Crippen molar-refractivity contribution in [3.8, 4) is 0 Å². The van der Waals surface area contributed by atoms with Gasteiger partial charge in [0.15, 0.2) is 0 Å². The first-order chi connectivity index (χ1) is 8.04. The zero-order valence-corrected chi connectivity index (χ0v) is 11.9. The Bertz CT molecular complexity index is 360. The Labute approximate surface area is 108 Å². The third-order valence-corrected chi connectivity index (χ3v) is 3.64. The molecule has 1 heterocycles. The summed E-state index contributed by atoms with van der Waals surface area (Å²) < 4.78 is 0. The maximum absolute atomic E-state index is 12.0. The highest BCUT2D eigenvalue weighted by atomic mass is 32.1. The molecule has 1 rings (SSSR count). The standard InChI is InChI=1S/C13H22N2OS/c1-10(2)15(13(16)7-8-14-4)9-12-6-5-11(3)17-12/h5-6,10,14H,7-9H2,1-4H3. The molecule has 0 aliphatic rings. The summed E-state index contributed by atoms with van der Waals surface area (Å²) in [5.74, 6) is 0.223. The fourth-order valence-corrected chi connectivity index (χ4v) is 2.56. The molecule has 0 radical (unpaired) electrons. The molecule has 0 bridgehead atoms. The number of amides is 1. The van der Waals surface area contributed by atoms with E-state index in [1.54, 1.807) is 11.3 Å². The summed E-state index contributed by atoms with van der Waals surface area (Å²) in [6.45, 7) is 7.70. The molecule has 0 fully saturated rings. The number of nitrogens with one attached hydrogen (secondary N) is 1. The van der Waals surface area contributed by atoms with Crippen LogP contribution < -0.4 is 5.32 Å². The van der Waals surface area contributed by atoms with E-state index in [2.05, 4.69) is 38.2 Å². The molecular formula is C13H22N2OS. The average molecular weight is 254 g/mol. The van der Waals surface area contributed by atoms with E-state index < -0.39 is 0 Å². The van der Waals surface area contributed by atoms with E-state index in [9.17, 15) is 4.79 Å². The molecule has 0 aliphatic heterocycles. The third-order valence-electron chi connectivity index (χ3n) is 2.65. The lowest BCUT2D eigenvalue weighted by Crippen LogP contribution is -2.37. The summed E-state index contributed by atoms with van der Waals surface area (Å²) in [6.07, 6.45) is 0.568. The monoisotopic (exact) mass is 254 g/mol. The Morgan fingerprint density at radius 1 is 1.47 bits per heavy atom. The first-order valence-corrected chi connectivity index (χ1v) is 6.85. The van der Waals surface area contributed by atoms with E-state index in [-0.39, 0.29) is 11.9 Å². The molecule has 0 saturated carbocycles.